The molecule has 0 saturated heterocycles. The second-order valence-corrected chi connectivity index (χ2v) is 9.85. The number of nitrogens with one attached hydrogen (secondary N) is 4. The molecule has 0 aromatic heterocycles. The number of carbonyl (C=O) groups excluding carboxylic acids is 2. The second kappa shape index (κ2) is 11.0. The highest BCUT2D eigenvalue weighted by molar-refractivity contribution is 7.92. The third-order valence-corrected chi connectivity index (χ3v) is 7.69. The summed E-state index contributed by atoms with van der Waals surface area (Å²) in [5.41, 5.74) is 0.914. The number of rotatable bonds is 11. The van der Waals surface area contributed by atoms with Crippen LogP contribution in [-0.4, -0.2) is 37.8 Å². The predicted molar refractivity (Wildman–Crippen MR) is 132 cm³/mol. The molecule has 0 bridgehead atoms. The molecule has 8 nitrogen and oxygen atoms in total. The van der Waals surface area contributed by atoms with Crippen molar-refractivity contribution in [3.05, 3.63) is 41.1 Å². The summed E-state index contributed by atoms with van der Waals surface area (Å²) < 4.78 is 28.4. The monoisotopic (exact) mass is 496 g/mol. The minimum atomic E-state index is -4.03. The molecule has 1 aromatic carbocycles. The van der Waals surface area contributed by atoms with Crippen molar-refractivity contribution in [2.24, 2.45) is 5.41 Å². The zero-order valence-electron chi connectivity index (χ0n) is 18.2. The lowest BCUT2D eigenvalue weighted by atomic mass is 9.73. The highest BCUT2D eigenvalue weighted by Gasteiger charge is 2.43. The molecule has 0 radical (unpaired) electrons. The van der Waals surface area contributed by atoms with Gasteiger partial charge in [0.05, 0.1) is 16.4 Å². The normalized spacial score (nSPS) is 18.8. The van der Waals surface area contributed by atoms with Crippen LogP contribution in [0.25, 0.3) is 0 Å². The molecule has 4 N–H and O–H groups in total. The number of sulfonamides is 1. The van der Waals surface area contributed by atoms with Crippen molar-refractivity contribution in [3.8, 4) is 0 Å². The van der Waals surface area contributed by atoms with Crippen molar-refractivity contribution in [2.45, 2.75) is 51.0 Å². The zero-order valence-corrected chi connectivity index (χ0v) is 20.7. The number of benzene rings is 1. The highest BCUT2D eigenvalue weighted by atomic mass is 32.2. The van der Waals surface area contributed by atoms with Gasteiger partial charge in [-0.15, -0.1) is 0 Å². The van der Waals surface area contributed by atoms with Gasteiger partial charge in [-0.05, 0) is 55.6 Å². The van der Waals surface area contributed by atoms with Gasteiger partial charge >= 0.3 is 0 Å². The van der Waals surface area contributed by atoms with Crippen LogP contribution in [0.4, 0.5) is 0 Å². The largest absolute Gasteiger partial charge is 0.362 e. The molecule has 1 heterocycles. The molecule has 0 spiro atoms. The van der Waals surface area contributed by atoms with Gasteiger partial charge in [0.2, 0.25) is 12.3 Å². The molecule has 174 valence electrons. The van der Waals surface area contributed by atoms with E-state index < -0.39 is 21.5 Å². The van der Waals surface area contributed by atoms with Crippen LogP contribution < -0.4 is 20.7 Å². The Labute approximate surface area is 199 Å². The van der Waals surface area contributed by atoms with Gasteiger partial charge in [-0.25, -0.2) is 8.42 Å². The lowest BCUT2D eigenvalue weighted by molar-refractivity contribution is -0.128. The molecular formula is C21H28N4O4S3. The van der Waals surface area contributed by atoms with Crippen LogP contribution in [0.1, 0.15) is 57.2 Å². The molecule has 2 unspecified atom stereocenters. The number of hydrogen-bond acceptors (Lipinski definition) is 6. The standard InChI is InChI=1S/C21H28N4O4S3/c1-4-8-22-20(31)25-32(28,29)18-9-15(6-7-16(18)12-30)17(24-13-26)10-21(5-2)14(3)11-23-19(21)27/h6-7,9,11-13,17H,4-5,8,10H2,1-3H3,(H,23,27)(H,24,26)(H2,22,25,31). The van der Waals surface area contributed by atoms with E-state index in [0.717, 1.165) is 12.0 Å². The van der Waals surface area contributed by atoms with Crippen LogP contribution in [0.15, 0.2) is 34.9 Å². The first kappa shape index (κ1) is 25.9. The van der Waals surface area contributed by atoms with Crippen LogP contribution in [-0.2, 0) is 19.6 Å². The fourth-order valence-electron chi connectivity index (χ4n) is 3.72. The molecule has 1 aromatic rings. The Kier molecular flexibility index (Phi) is 8.88. The molecular weight excluding hydrogens is 468 g/mol. The third kappa shape index (κ3) is 5.51. The summed E-state index contributed by atoms with van der Waals surface area (Å²) in [4.78, 5) is 23.9. The Morgan fingerprint density at radius 3 is 2.56 bits per heavy atom. The Hall–Kier alpha value is -2.37. The maximum Gasteiger partial charge on any atom is 0.264 e. The van der Waals surface area contributed by atoms with Gasteiger partial charge in [-0.2, -0.15) is 0 Å². The number of hydrogen-bond donors (Lipinski definition) is 4. The van der Waals surface area contributed by atoms with Crippen molar-refractivity contribution >= 4 is 57.3 Å². The van der Waals surface area contributed by atoms with Crippen LogP contribution in [0.3, 0.4) is 0 Å². The molecule has 32 heavy (non-hydrogen) atoms. The molecule has 0 aliphatic carbocycles. The van der Waals surface area contributed by atoms with E-state index in [0.29, 0.717) is 30.5 Å². The molecule has 1 aliphatic heterocycles. The predicted octanol–water partition coefficient (Wildman–Crippen LogP) is 2.20. The van der Waals surface area contributed by atoms with Crippen LogP contribution >= 0.6 is 24.4 Å². The van der Waals surface area contributed by atoms with Crippen molar-refractivity contribution in [3.63, 3.8) is 0 Å². The van der Waals surface area contributed by atoms with Crippen molar-refractivity contribution in [1.82, 2.24) is 20.7 Å². The van der Waals surface area contributed by atoms with E-state index in [9.17, 15) is 18.0 Å². The maximum atomic E-state index is 13.0. The molecule has 2 rings (SSSR count). The van der Waals surface area contributed by atoms with Gasteiger partial charge in [-0.3, -0.25) is 14.3 Å². The first-order chi connectivity index (χ1) is 15.1. The Morgan fingerprint density at radius 2 is 2.03 bits per heavy atom. The van der Waals surface area contributed by atoms with E-state index in [1.165, 1.54) is 11.4 Å². The maximum absolute atomic E-state index is 13.0. The minimum absolute atomic E-state index is 0.0107. The van der Waals surface area contributed by atoms with Crippen molar-refractivity contribution < 1.29 is 18.0 Å². The van der Waals surface area contributed by atoms with Gasteiger partial charge in [0.1, 0.15) is 0 Å². The Morgan fingerprint density at radius 1 is 1.31 bits per heavy atom. The summed E-state index contributed by atoms with van der Waals surface area (Å²) in [7, 11) is -4.03. The van der Waals surface area contributed by atoms with E-state index in [2.05, 4.69) is 20.7 Å². The number of carbonyl (C=O) groups is 2. The molecule has 0 fully saturated rings. The highest BCUT2D eigenvalue weighted by Crippen LogP contribution is 2.42. The van der Waals surface area contributed by atoms with Gasteiger partial charge < -0.3 is 16.0 Å². The van der Waals surface area contributed by atoms with E-state index in [1.807, 2.05) is 20.8 Å². The summed E-state index contributed by atoms with van der Waals surface area (Å²) in [5.74, 6) is -0.146. The first-order valence-electron chi connectivity index (χ1n) is 10.2. The van der Waals surface area contributed by atoms with Crippen LogP contribution in [0.2, 0.25) is 0 Å². The average Bonchev–Trinajstić information content (AvgIpc) is 3.05. The van der Waals surface area contributed by atoms with Crippen molar-refractivity contribution in [1.29, 1.82) is 0 Å². The lowest BCUT2D eigenvalue weighted by Gasteiger charge is -2.31. The summed E-state index contributed by atoms with van der Waals surface area (Å²) >= 11 is 10.1. The van der Waals surface area contributed by atoms with E-state index >= 15 is 0 Å². The minimum Gasteiger partial charge on any atom is -0.362 e. The average molecular weight is 497 g/mol. The van der Waals surface area contributed by atoms with Gasteiger partial charge in [0.15, 0.2) is 5.11 Å². The van der Waals surface area contributed by atoms with Crippen LogP contribution in [0.5, 0.6) is 0 Å². The summed E-state index contributed by atoms with van der Waals surface area (Å²) in [6, 6.07) is 4.13. The Balaban J connectivity index is 2.46. The van der Waals surface area contributed by atoms with E-state index in [1.54, 1.807) is 18.3 Å². The summed E-state index contributed by atoms with van der Waals surface area (Å²) in [6.07, 6.45) is 3.80. The molecule has 11 heteroatoms. The second-order valence-electron chi connectivity index (χ2n) is 7.55. The van der Waals surface area contributed by atoms with Crippen LogP contribution in [0, 0.1) is 5.41 Å². The smallest absolute Gasteiger partial charge is 0.264 e. The quantitative estimate of drug-likeness (QED) is 0.274. The fourth-order valence-corrected chi connectivity index (χ4v) is 5.59. The van der Waals surface area contributed by atoms with Gasteiger partial charge in [0, 0.05) is 23.7 Å². The van der Waals surface area contributed by atoms with E-state index in [-0.39, 0.29) is 22.3 Å². The summed E-state index contributed by atoms with van der Waals surface area (Å²) in [6.45, 7) is 6.22. The Bertz CT molecular complexity index is 1040. The lowest BCUT2D eigenvalue weighted by Crippen LogP contribution is -2.40. The third-order valence-electron chi connectivity index (χ3n) is 5.65. The zero-order chi connectivity index (χ0) is 23.9. The van der Waals surface area contributed by atoms with E-state index in [4.69, 9.17) is 24.4 Å². The van der Waals surface area contributed by atoms with Crippen molar-refractivity contribution in [2.75, 3.05) is 6.54 Å². The SMILES string of the molecule is CCCNC(=S)NS(=O)(=O)c1cc(C(CC2(CC)C(=O)NC=C2C)NC=O)ccc1C=S. The van der Waals surface area contributed by atoms with Gasteiger partial charge in [-0.1, -0.05) is 38.2 Å². The molecule has 1 aliphatic rings. The fraction of sp³-hybridized carbons (Fsp3) is 0.429. The molecule has 2 amide bonds. The first-order valence-corrected chi connectivity index (χ1v) is 12.6. The summed E-state index contributed by atoms with van der Waals surface area (Å²) in [5, 5.41) is 9.55. The van der Waals surface area contributed by atoms with Gasteiger partial charge in [0.25, 0.3) is 10.0 Å². The molecule has 0 saturated carbocycles. The molecule has 2 atom stereocenters. The topological polar surface area (TPSA) is 116 Å². The number of thiocarbonyl (C=S) groups is 2. The number of amides is 2.